The third kappa shape index (κ3) is 5.20. The molecule has 0 aromatic rings. The van der Waals surface area contributed by atoms with E-state index in [1.54, 1.807) is 19.9 Å². The SMILES string of the molecule is C\C=C/C=C(\C=C/CC)C(=O)C(F)(F)F. The van der Waals surface area contributed by atoms with Crippen molar-refractivity contribution >= 4 is 5.78 Å². The molecule has 0 spiro atoms. The topological polar surface area (TPSA) is 17.1 Å². The first-order chi connectivity index (χ1) is 6.93. The van der Waals surface area contributed by atoms with E-state index in [1.165, 1.54) is 18.2 Å². The minimum absolute atomic E-state index is 0.345. The van der Waals surface area contributed by atoms with E-state index in [9.17, 15) is 18.0 Å². The van der Waals surface area contributed by atoms with Crippen LogP contribution >= 0.6 is 0 Å². The lowest BCUT2D eigenvalue weighted by atomic mass is 10.1. The lowest BCUT2D eigenvalue weighted by molar-refractivity contribution is -0.166. The molecule has 0 aromatic heterocycles. The molecule has 1 nitrogen and oxygen atoms in total. The van der Waals surface area contributed by atoms with Gasteiger partial charge in [-0.2, -0.15) is 13.2 Å². The summed E-state index contributed by atoms with van der Waals surface area (Å²) >= 11 is 0. The molecule has 0 radical (unpaired) electrons. The summed E-state index contributed by atoms with van der Waals surface area (Å²) in [7, 11) is 0. The molecule has 84 valence electrons. The first kappa shape index (κ1) is 13.7. The van der Waals surface area contributed by atoms with Gasteiger partial charge < -0.3 is 0 Å². The number of allylic oxidation sites excluding steroid dienone is 6. The molecule has 0 saturated heterocycles. The van der Waals surface area contributed by atoms with Crippen molar-refractivity contribution < 1.29 is 18.0 Å². The third-order valence-electron chi connectivity index (χ3n) is 1.52. The fourth-order valence-corrected chi connectivity index (χ4v) is 0.815. The van der Waals surface area contributed by atoms with E-state index in [0.29, 0.717) is 6.42 Å². The number of alkyl halides is 3. The molecule has 0 amide bonds. The number of halogens is 3. The largest absolute Gasteiger partial charge is 0.454 e. The van der Waals surface area contributed by atoms with Gasteiger partial charge in [0.1, 0.15) is 0 Å². The van der Waals surface area contributed by atoms with Crippen LogP contribution in [-0.4, -0.2) is 12.0 Å². The molecular formula is C11H13F3O. The van der Waals surface area contributed by atoms with Gasteiger partial charge in [-0.05, 0) is 13.3 Å². The van der Waals surface area contributed by atoms with Crippen LogP contribution in [0.4, 0.5) is 13.2 Å². The van der Waals surface area contributed by atoms with Gasteiger partial charge in [-0.1, -0.05) is 37.3 Å². The molecule has 0 aromatic carbocycles. The van der Waals surface area contributed by atoms with Crippen molar-refractivity contribution in [3.8, 4) is 0 Å². The Hall–Kier alpha value is -1.32. The summed E-state index contributed by atoms with van der Waals surface area (Å²) < 4.78 is 36.3. The molecule has 0 unspecified atom stereocenters. The number of Topliss-reactive ketones (excluding diaryl/α,β-unsaturated/α-hetero) is 1. The maximum absolute atomic E-state index is 12.1. The second-order valence-electron chi connectivity index (χ2n) is 2.79. The van der Waals surface area contributed by atoms with Gasteiger partial charge in [0.05, 0.1) is 0 Å². The van der Waals surface area contributed by atoms with E-state index in [1.807, 2.05) is 0 Å². The summed E-state index contributed by atoms with van der Waals surface area (Å²) in [5, 5.41) is 0. The highest BCUT2D eigenvalue weighted by Crippen LogP contribution is 2.21. The highest BCUT2D eigenvalue weighted by atomic mass is 19.4. The van der Waals surface area contributed by atoms with Crippen molar-refractivity contribution in [2.24, 2.45) is 0 Å². The van der Waals surface area contributed by atoms with Crippen LogP contribution in [0.25, 0.3) is 0 Å². The van der Waals surface area contributed by atoms with Crippen LogP contribution in [0, 0.1) is 0 Å². The Morgan fingerprint density at radius 3 is 2.33 bits per heavy atom. The van der Waals surface area contributed by atoms with Gasteiger partial charge in [0, 0.05) is 5.57 Å². The number of carbonyl (C=O) groups is 1. The zero-order chi connectivity index (χ0) is 11.9. The number of carbonyl (C=O) groups excluding carboxylic acids is 1. The molecule has 0 heterocycles. The smallest absolute Gasteiger partial charge is 0.284 e. The van der Waals surface area contributed by atoms with Crippen LogP contribution < -0.4 is 0 Å². The van der Waals surface area contributed by atoms with Crippen molar-refractivity contribution in [2.45, 2.75) is 26.4 Å². The average molecular weight is 218 g/mol. The molecule has 0 atom stereocenters. The fourth-order valence-electron chi connectivity index (χ4n) is 0.815. The second-order valence-corrected chi connectivity index (χ2v) is 2.79. The van der Waals surface area contributed by atoms with E-state index in [4.69, 9.17) is 0 Å². The number of ketones is 1. The van der Waals surface area contributed by atoms with Crippen molar-refractivity contribution in [2.75, 3.05) is 0 Å². The minimum atomic E-state index is -4.81. The number of rotatable bonds is 4. The summed E-state index contributed by atoms with van der Waals surface area (Å²) in [6, 6.07) is 0. The Bertz CT molecular complexity index is 295. The Morgan fingerprint density at radius 1 is 1.33 bits per heavy atom. The molecule has 0 rings (SSSR count). The Morgan fingerprint density at radius 2 is 1.93 bits per heavy atom. The Balaban J connectivity index is 4.95. The summed E-state index contributed by atoms with van der Waals surface area (Å²) in [6.07, 6.45) is 2.59. The van der Waals surface area contributed by atoms with Crippen LogP contribution in [0.1, 0.15) is 20.3 Å². The van der Waals surface area contributed by atoms with Crippen molar-refractivity contribution in [1.29, 1.82) is 0 Å². The maximum Gasteiger partial charge on any atom is 0.454 e. The highest BCUT2D eigenvalue weighted by Gasteiger charge is 2.39. The van der Waals surface area contributed by atoms with E-state index >= 15 is 0 Å². The normalized spacial score (nSPS) is 14.1. The van der Waals surface area contributed by atoms with Gasteiger partial charge in [0.15, 0.2) is 0 Å². The zero-order valence-electron chi connectivity index (χ0n) is 8.64. The Kier molecular flexibility index (Phi) is 5.67. The molecule has 0 bridgehead atoms. The standard InChI is InChI=1S/C11H13F3O/c1-3-5-7-9(8-6-4-2)10(15)11(12,13)14/h3,5-8H,4H2,1-2H3/b5-3-,8-6-,9-7+. The number of hydrogen-bond acceptors (Lipinski definition) is 1. The molecular weight excluding hydrogens is 205 g/mol. The predicted molar refractivity (Wildman–Crippen MR) is 53.4 cm³/mol. The maximum atomic E-state index is 12.1. The van der Waals surface area contributed by atoms with Gasteiger partial charge >= 0.3 is 6.18 Å². The fraction of sp³-hybridized carbons (Fsp3) is 0.364. The molecule has 0 aliphatic rings. The molecule has 0 aliphatic carbocycles. The average Bonchev–Trinajstić information content (AvgIpc) is 2.16. The van der Waals surface area contributed by atoms with Crippen LogP contribution in [0.2, 0.25) is 0 Å². The Labute approximate surface area is 87.0 Å². The molecule has 0 N–H and O–H groups in total. The van der Waals surface area contributed by atoms with Crippen molar-refractivity contribution in [1.82, 2.24) is 0 Å². The lowest BCUT2D eigenvalue weighted by Crippen LogP contribution is -2.23. The zero-order valence-corrected chi connectivity index (χ0v) is 8.64. The number of hydrogen-bond donors (Lipinski definition) is 0. The molecule has 0 aliphatic heterocycles. The summed E-state index contributed by atoms with van der Waals surface area (Å²) in [5.41, 5.74) is -0.345. The first-order valence-corrected chi connectivity index (χ1v) is 4.54. The molecule has 0 saturated carbocycles. The van der Waals surface area contributed by atoms with Gasteiger partial charge in [-0.15, -0.1) is 0 Å². The predicted octanol–water partition coefficient (Wildman–Crippen LogP) is 3.59. The van der Waals surface area contributed by atoms with Crippen molar-refractivity contribution in [3.05, 3.63) is 36.0 Å². The van der Waals surface area contributed by atoms with Crippen molar-refractivity contribution in [3.63, 3.8) is 0 Å². The van der Waals surface area contributed by atoms with Crippen LogP contribution in [-0.2, 0) is 4.79 Å². The second kappa shape index (κ2) is 6.22. The van der Waals surface area contributed by atoms with Gasteiger partial charge in [-0.25, -0.2) is 0 Å². The lowest BCUT2D eigenvalue weighted by Gasteiger charge is -2.04. The minimum Gasteiger partial charge on any atom is -0.284 e. The summed E-state index contributed by atoms with van der Waals surface area (Å²) in [5.74, 6) is -1.81. The summed E-state index contributed by atoms with van der Waals surface area (Å²) in [6.45, 7) is 3.44. The monoisotopic (exact) mass is 218 g/mol. The van der Waals surface area contributed by atoms with E-state index in [0.717, 1.165) is 6.08 Å². The third-order valence-corrected chi connectivity index (χ3v) is 1.52. The van der Waals surface area contributed by atoms with Crippen LogP contribution in [0.3, 0.4) is 0 Å². The highest BCUT2D eigenvalue weighted by molar-refractivity contribution is 6.02. The molecule has 15 heavy (non-hydrogen) atoms. The van der Waals surface area contributed by atoms with E-state index < -0.39 is 12.0 Å². The van der Waals surface area contributed by atoms with Gasteiger partial charge in [-0.3, -0.25) is 4.79 Å². The quantitative estimate of drug-likeness (QED) is 0.520. The van der Waals surface area contributed by atoms with Crippen LogP contribution in [0.15, 0.2) is 36.0 Å². The van der Waals surface area contributed by atoms with E-state index in [-0.39, 0.29) is 5.57 Å². The first-order valence-electron chi connectivity index (χ1n) is 4.54. The van der Waals surface area contributed by atoms with Gasteiger partial charge in [0.2, 0.25) is 0 Å². The molecule has 4 heteroatoms. The van der Waals surface area contributed by atoms with Gasteiger partial charge in [0.25, 0.3) is 5.78 Å². The van der Waals surface area contributed by atoms with Crippen LogP contribution in [0.5, 0.6) is 0 Å². The molecule has 0 fully saturated rings. The van der Waals surface area contributed by atoms with E-state index in [2.05, 4.69) is 0 Å². The summed E-state index contributed by atoms with van der Waals surface area (Å²) in [4.78, 5) is 10.9.